The highest BCUT2D eigenvalue weighted by Gasteiger charge is 2.27. The minimum absolute atomic E-state index is 0.130. The number of nitrogens with zero attached hydrogens (tertiary/aromatic N) is 1. The summed E-state index contributed by atoms with van der Waals surface area (Å²) in [4.78, 5) is 2.33. The van der Waals surface area contributed by atoms with Crippen molar-refractivity contribution in [3.05, 3.63) is 35.9 Å². The van der Waals surface area contributed by atoms with Crippen LogP contribution in [-0.4, -0.2) is 41.8 Å². The van der Waals surface area contributed by atoms with Crippen LogP contribution in [0.1, 0.15) is 31.9 Å². The minimum atomic E-state index is -0.429. The molecule has 0 saturated carbocycles. The van der Waals surface area contributed by atoms with Gasteiger partial charge in [-0.15, -0.1) is 0 Å². The molecule has 0 aliphatic carbocycles. The Balaban J connectivity index is 2.00. The zero-order chi connectivity index (χ0) is 13.0. The lowest BCUT2D eigenvalue weighted by molar-refractivity contribution is -0.0623. The van der Waals surface area contributed by atoms with Crippen molar-refractivity contribution in [2.24, 2.45) is 0 Å². The second-order valence-corrected chi connectivity index (χ2v) is 4.99. The Hall–Kier alpha value is -0.900. The van der Waals surface area contributed by atoms with Crippen molar-refractivity contribution in [3.63, 3.8) is 0 Å². The van der Waals surface area contributed by atoms with Crippen LogP contribution in [0.4, 0.5) is 0 Å². The molecule has 100 valence electrons. The Morgan fingerprint density at radius 1 is 1.39 bits per heavy atom. The van der Waals surface area contributed by atoms with Gasteiger partial charge in [0.2, 0.25) is 0 Å². The predicted molar refractivity (Wildman–Crippen MR) is 72.5 cm³/mol. The summed E-state index contributed by atoms with van der Waals surface area (Å²) in [6, 6.07) is 10.0. The molecule has 0 aromatic heterocycles. The molecule has 1 aromatic rings. The van der Waals surface area contributed by atoms with Gasteiger partial charge in [0.1, 0.15) is 0 Å². The fraction of sp³-hybridized carbons (Fsp3) is 0.600. The van der Waals surface area contributed by atoms with Crippen LogP contribution in [0, 0.1) is 0 Å². The first-order valence-electron chi connectivity index (χ1n) is 6.81. The van der Waals surface area contributed by atoms with Crippen LogP contribution in [-0.2, 0) is 4.74 Å². The number of rotatable bonds is 4. The molecule has 0 bridgehead atoms. The molecule has 1 heterocycles. The van der Waals surface area contributed by atoms with Crippen LogP contribution in [0.5, 0.6) is 0 Å². The third-order valence-corrected chi connectivity index (χ3v) is 3.80. The molecular formula is C15H23NO2. The number of hydrogen-bond donors (Lipinski definition) is 1. The van der Waals surface area contributed by atoms with E-state index < -0.39 is 6.10 Å². The van der Waals surface area contributed by atoms with Crippen molar-refractivity contribution < 1.29 is 9.84 Å². The van der Waals surface area contributed by atoms with Gasteiger partial charge in [-0.2, -0.15) is 0 Å². The van der Waals surface area contributed by atoms with Crippen molar-refractivity contribution in [2.45, 2.75) is 38.5 Å². The van der Waals surface area contributed by atoms with E-state index in [9.17, 15) is 5.11 Å². The number of hydrogen-bond acceptors (Lipinski definition) is 3. The highest BCUT2D eigenvalue weighted by Crippen LogP contribution is 2.22. The molecule has 0 radical (unpaired) electrons. The molecule has 3 unspecified atom stereocenters. The maximum absolute atomic E-state index is 10.4. The smallest absolute Gasteiger partial charge is 0.0942 e. The van der Waals surface area contributed by atoms with Crippen LogP contribution in [0.3, 0.4) is 0 Å². The van der Waals surface area contributed by atoms with Crippen LogP contribution >= 0.6 is 0 Å². The summed E-state index contributed by atoms with van der Waals surface area (Å²) in [5.41, 5.74) is 0.990. The van der Waals surface area contributed by atoms with E-state index in [0.717, 1.165) is 31.7 Å². The first-order chi connectivity index (χ1) is 8.72. The predicted octanol–water partition coefficient (Wildman–Crippen LogP) is 2.22. The molecule has 1 N–H and O–H groups in total. The van der Waals surface area contributed by atoms with Crippen molar-refractivity contribution >= 4 is 0 Å². The van der Waals surface area contributed by atoms with Crippen molar-refractivity contribution in [3.8, 4) is 0 Å². The van der Waals surface area contributed by atoms with Crippen molar-refractivity contribution in [1.82, 2.24) is 4.90 Å². The molecule has 3 heteroatoms. The zero-order valence-corrected chi connectivity index (χ0v) is 11.2. The number of aliphatic hydroxyl groups is 1. The second-order valence-electron chi connectivity index (χ2n) is 4.99. The fourth-order valence-electron chi connectivity index (χ4n) is 2.49. The third kappa shape index (κ3) is 3.10. The molecule has 18 heavy (non-hydrogen) atoms. The van der Waals surface area contributed by atoms with Crippen LogP contribution < -0.4 is 0 Å². The van der Waals surface area contributed by atoms with Gasteiger partial charge in [-0.1, -0.05) is 37.3 Å². The maximum Gasteiger partial charge on any atom is 0.0942 e. The lowest BCUT2D eigenvalue weighted by Crippen LogP contribution is -2.48. The number of morpholine rings is 1. The first kappa shape index (κ1) is 13.5. The average molecular weight is 249 g/mol. The zero-order valence-electron chi connectivity index (χ0n) is 11.2. The summed E-state index contributed by atoms with van der Waals surface area (Å²) in [6.45, 7) is 6.83. The Morgan fingerprint density at radius 2 is 2.11 bits per heavy atom. The van der Waals surface area contributed by atoms with Gasteiger partial charge < -0.3 is 9.84 Å². The molecule has 1 saturated heterocycles. The molecule has 1 aliphatic rings. The van der Waals surface area contributed by atoms with Gasteiger partial charge in [0.05, 0.1) is 18.8 Å². The number of aliphatic hydroxyl groups excluding tert-OH is 1. The van der Waals surface area contributed by atoms with Gasteiger partial charge in [-0.05, 0) is 18.9 Å². The van der Waals surface area contributed by atoms with Gasteiger partial charge in [0.15, 0.2) is 0 Å². The number of benzene rings is 1. The van der Waals surface area contributed by atoms with E-state index in [0.29, 0.717) is 6.10 Å². The Kier molecular flexibility index (Phi) is 4.75. The van der Waals surface area contributed by atoms with Crippen LogP contribution in [0.15, 0.2) is 30.3 Å². The Morgan fingerprint density at radius 3 is 2.78 bits per heavy atom. The highest BCUT2D eigenvalue weighted by molar-refractivity contribution is 5.18. The second kappa shape index (κ2) is 6.32. The minimum Gasteiger partial charge on any atom is -0.387 e. The van der Waals surface area contributed by atoms with E-state index in [-0.39, 0.29) is 6.04 Å². The normalized spacial score (nSPS) is 24.7. The van der Waals surface area contributed by atoms with Crippen molar-refractivity contribution in [2.75, 3.05) is 19.7 Å². The molecule has 0 amide bonds. The maximum atomic E-state index is 10.4. The Bertz CT molecular complexity index is 355. The van der Waals surface area contributed by atoms with Gasteiger partial charge in [-0.3, -0.25) is 4.90 Å². The van der Waals surface area contributed by atoms with E-state index in [1.165, 1.54) is 0 Å². The van der Waals surface area contributed by atoms with E-state index in [2.05, 4.69) is 18.7 Å². The largest absolute Gasteiger partial charge is 0.387 e. The van der Waals surface area contributed by atoms with Gasteiger partial charge in [0, 0.05) is 19.1 Å². The quantitative estimate of drug-likeness (QED) is 0.888. The number of ether oxygens (including phenoxy) is 1. The average Bonchev–Trinajstić information content (AvgIpc) is 2.46. The molecule has 0 spiro atoms. The summed E-state index contributed by atoms with van der Waals surface area (Å²) < 4.78 is 5.67. The molecule has 2 rings (SSSR count). The summed E-state index contributed by atoms with van der Waals surface area (Å²) in [5.74, 6) is 0. The lowest BCUT2D eigenvalue weighted by Gasteiger charge is -2.38. The molecule has 3 atom stereocenters. The SMILES string of the molecule is CCC1CN(C(C)C(O)c2ccccc2)CCO1. The topological polar surface area (TPSA) is 32.7 Å². The van der Waals surface area contributed by atoms with Crippen molar-refractivity contribution in [1.29, 1.82) is 0 Å². The third-order valence-electron chi connectivity index (χ3n) is 3.80. The summed E-state index contributed by atoms with van der Waals surface area (Å²) in [6.07, 6.45) is 0.913. The fourth-order valence-corrected chi connectivity index (χ4v) is 2.49. The standard InChI is InChI=1S/C15H23NO2/c1-3-14-11-16(9-10-18-14)12(2)15(17)13-7-5-4-6-8-13/h4-8,12,14-15,17H,3,9-11H2,1-2H3. The van der Waals surface area contributed by atoms with E-state index in [1.54, 1.807) is 0 Å². The van der Waals surface area contributed by atoms with Crippen LogP contribution in [0.25, 0.3) is 0 Å². The van der Waals surface area contributed by atoms with Crippen LogP contribution in [0.2, 0.25) is 0 Å². The molecular weight excluding hydrogens is 226 g/mol. The molecule has 1 fully saturated rings. The Labute approximate surface area is 109 Å². The van der Waals surface area contributed by atoms with E-state index in [1.807, 2.05) is 30.3 Å². The summed E-state index contributed by atoms with van der Waals surface area (Å²) in [7, 11) is 0. The van der Waals surface area contributed by atoms with Gasteiger partial charge >= 0.3 is 0 Å². The van der Waals surface area contributed by atoms with Gasteiger partial charge in [-0.25, -0.2) is 0 Å². The highest BCUT2D eigenvalue weighted by atomic mass is 16.5. The van der Waals surface area contributed by atoms with Gasteiger partial charge in [0.25, 0.3) is 0 Å². The molecule has 3 nitrogen and oxygen atoms in total. The summed E-state index contributed by atoms with van der Waals surface area (Å²) >= 11 is 0. The first-order valence-corrected chi connectivity index (χ1v) is 6.81. The molecule has 1 aromatic carbocycles. The monoisotopic (exact) mass is 249 g/mol. The summed E-state index contributed by atoms with van der Waals surface area (Å²) in [5, 5.41) is 10.4. The lowest BCUT2D eigenvalue weighted by atomic mass is 10.0. The van der Waals surface area contributed by atoms with E-state index in [4.69, 9.17) is 4.74 Å². The molecule has 1 aliphatic heterocycles. The van der Waals surface area contributed by atoms with E-state index >= 15 is 0 Å².